The van der Waals surface area contributed by atoms with E-state index in [4.69, 9.17) is 0 Å². The van der Waals surface area contributed by atoms with Gasteiger partial charge >= 0.3 is 0 Å². The Labute approximate surface area is 132 Å². The maximum Gasteiger partial charge on any atom is 0.270 e. The van der Waals surface area contributed by atoms with E-state index >= 15 is 0 Å². The van der Waals surface area contributed by atoms with Gasteiger partial charge in [-0.3, -0.25) is 14.5 Å². The Morgan fingerprint density at radius 2 is 2.33 bits per heavy atom. The summed E-state index contributed by atoms with van der Waals surface area (Å²) in [6, 6.07) is 4.67. The molecule has 0 bridgehead atoms. The Bertz CT molecular complexity index is 827. The topological polar surface area (TPSA) is 72.5 Å². The number of imidazole rings is 1. The van der Waals surface area contributed by atoms with Crippen LogP contribution in [-0.4, -0.2) is 14.3 Å². The van der Waals surface area contributed by atoms with Crippen molar-refractivity contribution in [3.8, 4) is 0 Å². The van der Waals surface area contributed by atoms with Crippen LogP contribution in [0.3, 0.4) is 0 Å². The number of thiazole rings is 1. The highest BCUT2D eigenvalue weighted by Gasteiger charge is 2.12. The molecule has 2 heterocycles. The van der Waals surface area contributed by atoms with E-state index in [1.807, 2.05) is 22.9 Å². The molecule has 1 N–H and O–H groups in total. The molecule has 0 aliphatic rings. The molecule has 0 saturated heterocycles. The number of nitro groups is 1. The van der Waals surface area contributed by atoms with Crippen molar-refractivity contribution in [2.45, 2.75) is 13.5 Å². The van der Waals surface area contributed by atoms with Crippen LogP contribution in [-0.2, 0) is 6.54 Å². The summed E-state index contributed by atoms with van der Waals surface area (Å²) in [5.41, 5.74) is 2.93. The summed E-state index contributed by atoms with van der Waals surface area (Å²) in [7, 11) is 0. The number of benzene rings is 1. The molecule has 0 amide bonds. The van der Waals surface area contributed by atoms with Crippen LogP contribution >= 0.6 is 27.3 Å². The lowest BCUT2D eigenvalue weighted by Crippen LogP contribution is -2.04. The number of hydrogen-bond acceptors (Lipinski definition) is 5. The SMILES string of the molecule is Cc1nc2sccn2c1CNc1ccc([N+](=O)[O-])cc1Br. The Kier molecular flexibility index (Phi) is 3.64. The van der Waals surface area contributed by atoms with E-state index in [-0.39, 0.29) is 5.69 Å². The summed E-state index contributed by atoms with van der Waals surface area (Å²) in [5.74, 6) is 0. The lowest BCUT2D eigenvalue weighted by molar-refractivity contribution is -0.384. The monoisotopic (exact) mass is 366 g/mol. The van der Waals surface area contributed by atoms with Crippen molar-refractivity contribution in [2.75, 3.05) is 5.32 Å². The highest BCUT2D eigenvalue weighted by Crippen LogP contribution is 2.28. The van der Waals surface area contributed by atoms with E-state index in [1.165, 1.54) is 12.1 Å². The van der Waals surface area contributed by atoms with Crippen LogP contribution < -0.4 is 5.32 Å². The van der Waals surface area contributed by atoms with Crippen LogP contribution in [0.25, 0.3) is 4.96 Å². The molecule has 1 aromatic carbocycles. The molecule has 0 aliphatic heterocycles. The molecule has 0 aliphatic carbocycles. The summed E-state index contributed by atoms with van der Waals surface area (Å²) < 4.78 is 2.71. The number of aromatic nitrogens is 2. The number of non-ortho nitro benzene ring substituents is 1. The van der Waals surface area contributed by atoms with Gasteiger partial charge in [0.15, 0.2) is 4.96 Å². The van der Waals surface area contributed by atoms with Crippen molar-refractivity contribution in [3.05, 3.63) is 55.8 Å². The summed E-state index contributed by atoms with van der Waals surface area (Å²) in [5, 5.41) is 16.0. The van der Waals surface area contributed by atoms with E-state index in [9.17, 15) is 10.1 Å². The molecular weight excluding hydrogens is 356 g/mol. The van der Waals surface area contributed by atoms with Crippen molar-refractivity contribution >= 4 is 43.6 Å². The van der Waals surface area contributed by atoms with Crippen molar-refractivity contribution in [1.29, 1.82) is 0 Å². The van der Waals surface area contributed by atoms with Gasteiger partial charge in [0.2, 0.25) is 0 Å². The molecule has 0 fully saturated rings. The minimum Gasteiger partial charge on any atom is -0.378 e. The van der Waals surface area contributed by atoms with Gasteiger partial charge < -0.3 is 5.32 Å². The zero-order chi connectivity index (χ0) is 15.0. The Morgan fingerprint density at radius 1 is 1.52 bits per heavy atom. The second-order valence-corrected chi connectivity index (χ2v) is 6.20. The van der Waals surface area contributed by atoms with E-state index in [1.54, 1.807) is 17.4 Å². The summed E-state index contributed by atoms with van der Waals surface area (Å²) >= 11 is 4.95. The third-order valence-corrected chi connectivity index (χ3v) is 4.58. The van der Waals surface area contributed by atoms with Crippen molar-refractivity contribution < 1.29 is 4.92 Å². The first-order chi connectivity index (χ1) is 10.1. The fourth-order valence-electron chi connectivity index (χ4n) is 2.09. The van der Waals surface area contributed by atoms with Crippen molar-refractivity contribution in [3.63, 3.8) is 0 Å². The van der Waals surface area contributed by atoms with Crippen LogP contribution in [0.1, 0.15) is 11.4 Å². The Balaban J connectivity index is 1.83. The molecule has 108 valence electrons. The second kappa shape index (κ2) is 5.45. The number of aryl methyl sites for hydroxylation is 1. The Hall–Kier alpha value is -1.93. The third-order valence-electron chi connectivity index (χ3n) is 3.17. The van der Waals surface area contributed by atoms with Gasteiger partial charge in [-0.05, 0) is 28.9 Å². The van der Waals surface area contributed by atoms with Crippen LogP contribution in [0.5, 0.6) is 0 Å². The van der Waals surface area contributed by atoms with Crippen LogP contribution in [0.15, 0.2) is 34.2 Å². The minimum absolute atomic E-state index is 0.0631. The van der Waals surface area contributed by atoms with E-state index in [2.05, 4.69) is 26.2 Å². The summed E-state index contributed by atoms with van der Waals surface area (Å²) in [6.45, 7) is 2.57. The van der Waals surface area contributed by atoms with Crippen LogP contribution in [0.4, 0.5) is 11.4 Å². The first kappa shape index (κ1) is 14.0. The zero-order valence-electron chi connectivity index (χ0n) is 11.0. The largest absolute Gasteiger partial charge is 0.378 e. The third kappa shape index (κ3) is 2.64. The summed E-state index contributed by atoms with van der Waals surface area (Å²) in [4.78, 5) is 15.8. The number of hydrogen-bond donors (Lipinski definition) is 1. The fraction of sp³-hybridized carbons (Fsp3) is 0.154. The summed E-state index contributed by atoms with van der Waals surface area (Å²) in [6.07, 6.45) is 1.99. The van der Waals surface area contributed by atoms with E-state index < -0.39 is 4.92 Å². The number of halogens is 1. The standard InChI is InChI=1S/C13H11BrN4O2S/c1-8-12(17-4-5-21-13(17)16-8)7-15-11-3-2-9(18(19)20)6-10(11)14/h2-6,15H,7H2,1H3. The molecule has 0 spiro atoms. The average Bonchev–Trinajstić information content (AvgIpc) is 2.98. The average molecular weight is 367 g/mol. The number of nitrogens with one attached hydrogen (secondary N) is 1. The first-order valence-electron chi connectivity index (χ1n) is 6.15. The normalized spacial score (nSPS) is 11.0. The number of rotatable bonds is 4. The van der Waals surface area contributed by atoms with Crippen LogP contribution in [0.2, 0.25) is 0 Å². The number of anilines is 1. The first-order valence-corrected chi connectivity index (χ1v) is 7.82. The highest BCUT2D eigenvalue weighted by atomic mass is 79.9. The molecular formula is C13H11BrN4O2S. The smallest absolute Gasteiger partial charge is 0.270 e. The predicted molar refractivity (Wildman–Crippen MR) is 85.9 cm³/mol. The molecule has 0 unspecified atom stereocenters. The van der Waals surface area contributed by atoms with Crippen LogP contribution in [0, 0.1) is 17.0 Å². The molecule has 6 nitrogen and oxygen atoms in total. The van der Waals surface area contributed by atoms with E-state index in [0.29, 0.717) is 11.0 Å². The van der Waals surface area contributed by atoms with E-state index in [0.717, 1.165) is 22.0 Å². The molecule has 0 radical (unpaired) electrons. The number of fused-ring (bicyclic) bond motifs is 1. The number of nitro benzene ring substituents is 1. The van der Waals surface area contributed by atoms with Gasteiger partial charge in [-0.1, -0.05) is 0 Å². The molecule has 0 saturated carbocycles. The minimum atomic E-state index is -0.412. The molecule has 8 heteroatoms. The van der Waals surface area contributed by atoms with Crippen molar-refractivity contribution in [1.82, 2.24) is 9.38 Å². The maximum absolute atomic E-state index is 10.7. The molecule has 3 aromatic rings. The van der Waals surface area contributed by atoms with Gasteiger partial charge in [-0.2, -0.15) is 0 Å². The molecule has 3 rings (SSSR count). The van der Waals surface area contributed by atoms with Gasteiger partial charge in [0, 0.05) is 33.9 Å². The van der Waals surface area contributed by atoms with Gasteiger partial charge in [0.05, 0.1) is 22.9 Å². The van der Waals surface area contributed by atoms with Crippen molar-refractivity contribution in [2.24, 2.45) is 0 Å². The highest BCUT2D eigenvalue weighted by molar-refractivity contribution is 9.10. The lowest BCUT2D eigenvalue weighted by Gasteiger charge is -2.08. The maximum atomic E-state index is 10.7. The molecule has 21 heavy (non-hydrogen) atoms. The van der Waals surface area contributed by atoms with Gasteiger partial charge in [-0.25, -0.2) is 4.98 Å². The molecule has 0 atom stereocenters. The number of nitrogens with zero attached hydrogens (tertiary/aromatic N) is 3. The zero-order valence-corrected chi connectivity index (χ0v) is 13.4. The quantitative estimate of drug-likeness (QED) is 0.559. The predicted octanol–water partition coefficient (Wildman–Crippen LogP) is 3.99. The van der Waals surface area contributed by atoms with Gasteiger partial charge in [0.1, 0.15) is 0 Å². The lowest BCUT2D eigenvalue weighted by atomic mass is 10.2. The van der Waals surface area contributed by atoms with Gasteiger partial charge in [0.25, 0.3) is 5.69 Å². The molecule has 2 aromatic heterocycles. The second-order valence-electron chi connectivity index (χ2n) is 4.47. The Morgan fingerprint density at radius 3 is 3.05 bits per heavy atom. The fourth-order valence-corrected chi connectivity index (χ4v) is 3.38. The van der Waals surface area contributed by atoms with Gasteiger partial charge in [-0.15, -0.1) is 11.3 Å².